The molecule has 0 aliphatic carbocycles. The molecular formula is C34H61N3O12. The van der Waals surface area contributed by atoms with Gasteiger partial charge in [0, 0.05) is 44.6 Å². The number of amides is 4. The molecule has 0 fully saturated rings. The molecule has 0 spiro atoms. The molecule has 2 N–H and O–H groups in total. The Morgan fingerprint density at radius 1 is 0.531 bits per heavy atom. The second-order valence-corrected chi connectivity index (χ2v) is 12.3. The monoisotopic (exact) mass is 703 g/mol. The number of hydrogen-bond acceptors (Lipinski definition) is 12. The van der Waals surface area contributed by atoms with Gasteiger partial charge in [-0.15, -0.1) is 0 Å². The lowest BCUT2D eigenvalue weighted by Crippen LogP contribution is -2.35. The van der Waals surface area contributed by atoms with Gasteiger partial charge in [-0.1, -0.05) is 27.2 Å². The van der Waals surface area contributed by atoms with Gasteiger partial charge in [0.25, 0.3) is 11.8 Å². The maximum Gasteiger partial charge on any atom is 0.253 e. The van der Waals surface area contributed by atoms with Crippen molar-refractivity contribution in [3.63, 3.8) is 0 Å². The zero-order chi connectivity index (χ0) is 35.8. The van der Waals surface area contributed by atoms with E-state index in [1.165, 1.54) is 12.2 Å². The molecule has 15 heteroatoms. The summed E-state index contributed by atoms with van der Waals surface area (Å²) in [7, 11) is 0. The molecule has 1 heterocycles. The molecular weight excluding hydrogens is 642 g/mol. The van der Waals surface area contributed by atoms with Crippen LogP contribution in [0.4, 0.5) is 0 Å². The summed E-state index contributed by atoms with van der Waals surface area (Å²) in [6, 6.07) is 0. The highest BCUT2D eigenvalue weighted by molar-refractivity contribution is 6.13. The number of ether oxygens (including phenoxy) is 8. The lowest BCUT2D eigenvalue weighted by atomic mass is 9.90. The van der Waals surface area contributed by atoms with E-state index in [0.29, 0.717) is 124 Å². The molecule has 0 radical (unpaired) electrons. The Hall–Kier alpha value is -2.50. The average molecular weight is 704 g/mol. The number of rotatable bonds is 34. The minimum absolute atomic E-state index is 0.0244. The summed E-state index contributed by atoms with van der Waals surface area (Å²) >= 11 is 0. The number of hydrogen-bond donors (Lipinski definition) is 2. The van der Waals surface area contributed by atoms with Gasteiger partial charge in [0.15, 0.2) is 0 Å². The lowest BCUT2D eigenvalue weighted by Gasteiger charge is -2.17. The molecule has 0 aromatic rings. The number of carbonyl (C=O) groups excluding carboxylic acids is 4. The molecule has 1 rings (SSSR count). The fourth-order valence-corrected chi connectivity index (χ4v) is 4.12. The molecule has 284 valence electrons. The number of nitrogens with zero attached hydrogens (tertiary/aromatic N) is 1. The van der Waals surface area contributed by atoms with Crippen LogP contribution in [0.5, 0.6) is 0 Å². The van der Waals surface area contributed by atoms with Gasteiger partial charge < -0.3 is 48.5 Å². The van der Waals surface area contributed by atoms with Gasteiger partial charge >= 0.3 is 0 Å². The second kappa shape index (κ2) is 30.3. The van der Waals surface area contributed by atoms with Gasteiger partial charge in [-0.05, 0) is 18.3 Å². The highest BCUT2D eigenvalue weighted by Crippen LogP contribution is 2.21. The van der Waals surface area contributed by atoms with Gasteiger partial charge in [-0.25, -0.2) is 0 Å². The summed E-state index contributed by atoms with van der Waals surface area (Å²) in [5.74, 6) is -1.02. The molecule has 1 aliphatic heterocycles. The summed E-state index contributed by atoms with van der Waals surface area (Å²) in [5.41, 5.74) is 0.340. The number of carbonyl (C=O) groups is 4. The SMILES string of the molecule is CC(C)(C)CCCCNC(=O)CCOCCOCCOCCOCCOCCOCCOCCOCCNC(=O)CCN1C(=O)C=CC1=O. The molecule has 0 saturated heterocycles. The van der Waals surface area contributed by atoms with E-state index >= 15 is 0 Å². The van der Waals surface area contributed by atoms with Crippen LogP contribution in [0.15, 0.2) is 12.2 Å². The van der Waals surface area contributed by atoms with Gasteiger partial charge in [-0.3, -0.25) is 24.1 Å². The molecule has 4 amide bonds. The summed E-state index contributed by atoms with van der Waals surface area (Å²) in [4.78, 5) is 47.5. The van der Waals surface area contributed by atoms with Crippen molar-refractivity contribution in [2.75, 3.05) is 125 Å². The third-order valence-electron chi connectivity index (χ3n) is 6.78. The predicted octanol–water partition coefficient (Wildman–Crippen LogP) is 1.27. The van der Waals surface area contributed by atoms with Crippen molar-refractivity contribution in [2.45, 2.75) is 52.9 Å². The van der Waals surface area contributed by atoms with Crippen LogP contribution in [0.1, 0.15) is 52.9 Å². The molecule has 0 bridgehead atoms. The first-order chi connectivity index (χ1) is 23.7. The highest BCUT2D eigenvalue weighted by atomic mass is 16.6. The van der Waals surface area contributed by atoms with Crippen LogP contribution >= 0.6 is 0 Å². The topological polar surface area (TPSA) is 169 Å². The van der Waals surface area contributed by atoms with E-state index in [9.17, 15) is 19.2 Å². The van der Waals surface area contributed by atoms with Crippen LogP contribution in [0, 0.1) is 5.41 Å². The quantitative estimate of drug-likeness (QED) is 0.0729. The third-order valence-corrected chi connectivity index (χ3v) is 6.78. The maximum absolute atomic E-state index is 11.8. The zero-order valence-electron chi connectivity index (χ0n) is 30.0. The third kappa shape index (κ3) is 29.0. The minimum atomic E-state index is -0.397. The van der Waals surface area contributed by atoms with Crippen LogP contribution in [0.2, 0.25) is 0 Å². The lowest BCUT2D eigenvalue weighted by molar-refractivity contribution is -0.137. The largest absolute Gasteiger partial charge is 0.379 e. The Kier molecular flexibility index (Phi) is 27.6. The minimum Gasteiger partial charge on any atom is -0.379 e. The molecule has 0 atom stereocenters. The van der Waals surface area contributed by atoms with E-state index in [4.69, 9.17) is 37.9 Å². The van der Waals surface area contributed by atoms with Crippen molar-refractivity contribution >= 4 is 23.6 Å². The zero-order valence-corrected chi connectivity index (χ0v) is 30.0. The van der Waals surface area contributed by atoms with Crippen LogP contribution in [0.25, 0.3) is 0 Å². The van der Waals surface area contributed by atoms with Gasteiger partial charge in [0.2, 0.25) is 11.8 Å². The average Bonchev–Trinajstić information content (AvgIpc) is 3.38. The Bertz CT molecular complexity index is 895. The van der Waals surface area contributed by atoms with E-state index in [2.05, 4.69) is 31.4 Å². The number of nitrogens with one attached hydrogen (secondary N) is 2. The molecule has 49 heavy (non-hydrogen) atoms. The Balaban J connectivity index is 1.68. The van der Waals surface area contributed by atoms with Crippen molar-refractivity contribution in [3.8, 4) is 0 Å². The van der Waals surface area contributed by atoms with E-state index in [1.54, 1.807) is 0 Å². The summed E-state index contributed by atoms with van der Waals surface area (Å²) < 4.78 is 43.6. The number of imide groups is 1. The van der Waals surface area contributed by atoms with Gasteiger partial charge in [0.05, 0.1) is 106 Å². The molecule has 0 aromatic carbocycles. The first kappa shape index (κ1) is 44.5. The maximum atomic E-state index is 11.8. The van der Waals surface area contributed by atoms with Crippen molar-refractivity contribution in [3.05, 3.63) is 12.2 Å². The highest BCUT2D eigenvalue weighted by Gasteiger charge is 2.23. The summed E-state index contributed by atoms with van der Waals surface area (Å²) in [6.45, 7) is 14.8. The van der Waals surface area contributed by atoms with Crippen LogP contribution in [-0.4, -0.2) is 154 Å². The molecule has 0 aromatic heterocycles. The van der Waals surface area contributed by atoms with Crippen molar-refractivity contribution in [2.24, 2.45) is 5.41 Å². The van der Waals surface area contributed by atoms with E-state index < -0.39 is 11.8 Å². The predicted molar refractivity (Wildman–Crippen MR) is 181 cm³/mol. The smallest absolute Gasteiger partial charge is 0.253 e. The van der Waals surface area contributed by atoms with Crippen LogP contribution in [-0.2, 0) is 57.1 Å². The molecule has 0 saturated carbocycles. The van der Waals surface area contributed by atoms with Crippen molar-refractivity contribution in [1.82, 2.24) is 15.5 Å². The van der Waals surface area contributed by atoms with Crippen molar-refractivity contribution in [1.29, 1.82) is 0 Å². The van der Waals surface area contributed by atoms with E-state index in [-0.39, 0.29) is 24.8 Å². The number of unbranched alkanes of at least 4 members (excludes halogenated alkanes) is 1. The van der Waals surface area contributed by atoms with Crippen LogP contribution in [0.3, 0.4) is 0 Å². The Labute approximate surface area is 292 Å². The first-order valence-corrected chi connectivity index (χ1v) is 17.4. The standard InChI is InChI=1S/C34H61N3O12/c1-34(2,3)10-4-5-11-35-31(39)9-14-42-16-18-44-20-22-46-24-26-48-28-29-49-27-25-47-23-21-45-19-17-43-15-12-36-30(38)8-13-37-32(40)6-7-33(37)41/h6-7H,4-5,8-29H2,1-3H3,(H,35,39)(H,36,38). The first-order valence-electron chi connectivity index (χ1n) is 17.4. The Morgan fingerprint density at radius 3 is 1.33 bits per heavy atom. The molecule has 1 aliphatic rings. The Morgan fingerprint density at radius 2 is 0.898 bits per heavy atom. The normalized spacial score (nSPS) is 13.1. The summed E-state index contributed by atoms with van der Waals surface area (Å²) in [6.07, 6.45) is 6.08. The van der Waals surface area contributed by atoms with Gasteiger partial charge in [0.1, 0.15) is 0 Å². The second-order valence-electron chi connectivity index (χ2n) is 12.3. The fraction of sp³-hybridized carbons (Fsp3) is 0.824. The summed E-state index contributed by atoms with van der Waals surface area (Å²) in [5, 5.41) is 5.61. The van der Waals surface area contributed by atoms with Gasteiger partial charge in [-0.2, -0.15) is 0 Å². The van der Waals surface area contributed by atoms with Crippen LogP contribution < -0.4 is 10.6 Å². The van der Waals surface area contributed by atoms with E-state index in [1.807, 2.05) is 0 Å². The molecule has 0 unspecified atom stereocenters. The molecule has 15 nitrogen and oxygen atoms in total. The fourth-order valence-electron chi connectivity index (χ4n) is 4.12. The van der Waals surface area contributed by atoms with Crippen molar-refractivity contribution < 1.29 is 57.1 Å². The van der Waals surface area contributed by atoms with E-state index in [0.717, 1.165) is 30.7 Å².